The molecule has 3 nitrogen and oxygen atoms in total. The first-order chi connectivity index (χ1) is 9.31. The van der Waals surface area contributed by atoms with Crippen LogP contribution < -0.4 is 14.8 Å². The van der Waals surface area contributed by atoms with E-state index in [4.69, 9.17) is 9.47 Å². The molecule has 0 bridgehead atoms. The highest BCUT2D eigenvalue weighted by Gasteiger charge is 2.33. The number of methoxy groups -OCH3 is 2. The number of hydrogen-bond acceptors (Lipinski definition) is 3. The van der Waals surface area contributed by atoms with Gasteiger partial charge in [0.2, 0.25) is 0 Å². The van der Waals surface area contributed by atoms with Crippen LogP contribution in [0.1, 0.15) is 37.2 Å². The van der Waals surface area contributed by atoms with Crippen LogP contribution in [-0.2, 0) is 0 Å². The van der Waals surface area contributed by atoms with Crippen LogP contribution >= 0.6 is 0 Å². The van der Waals surface area contributed by atoms with Gasteiger partial charge in [-0.25, -0.2) is 0 Å². The third-order valence-corrected chi connectivity index (χ3v) is 4.50. The molecule has 0 amide bonds. The highest BCUT2D eigenvalue weighted by atomic mass is 16.5. The van der Waals surface area contributed by atoms with Crippen LogP contribution in [-0.4, -0.2) is 26.8 Å². The summed E-state index contributed by atoms with van der Waals surface area (Å²) in [6.45, 7) is 1.17. The lowest BCUT2D eigenvalue weighted by Crippen LogP contribution is -2.34. The molecule has 2 aliphatic carbocycles. The SMILES string of the molecule is COc1ccc(C2CCC2CNC2CC2)cc1OC. The maximum Gasteiger partial charge on any atom is 0.160 e. The van der Waals surface area contributed by atoms with E-state index in [9.17, 15) is 0 Å². The van der Waals surface area contributed by atoms with Gasteiger partial charge in [0.05, 0.1) is 14.2 Å². The van der Waals surface area contributed by atoms with E-state index in [1.54, 1.807) is 14.2 Å². The average molecular weight is 261 g/mol. The molecule has 19 heavy (non-hydrogen) atoms. The molecule has 0 aromatic heterocycles. The van der Waals surface area contributed by atoms with Crippen LogP contribution in [0.5, 0.6) is 11.5 Å². The van der Waals surface area contributed by atoms with Crippen molar-refractivity contribution >= 4 is 0 Å². The van der Waals surface area contributed by atoms with E-state index >= 15 is 0 Å². The predicted octanol–water partition coefficient (Wildman–Crippen LogP) is 2.95. The minimum atomic E-state index is 0.686. The van der Waals surface area contributed by atoms with Gasteiger partial charge in [-0.2, -0.15) is 0 Å². The highest BCUT2D eigenvalue weighted by Crippen LogP contribution is 2.44. The Balaban J connectivity index is 1.67. The van der Waals surface area contributed by atoms with Gasteiger partial charge in [0.25, 0.3) is 0 Å². The van der Waals surface area contributed by atoms with Gasteiger partial charge >= 0.3 is 0 Å². The second kappa shape index (κ2) is 5.41. The molecule has 1 aromatic rings. The first kappa shape index (κ1) is 12.8. The van der Waals surface area contributed by atoms with Crippen molar-refractivity contribution in [3.63, 3.8) is 0 Å². The molecule has 104 valence electrons. The van der Waals surface area contributed by atoms with Gasteiger partial charge in [-0.3, -0.25) is 0 Å². The first-order valence-corrected chi connectivity index (χ1v) is 7.27. The van der Waals surface area contributed by atoms with Crippen LogP contribution in [0.4, 0.5) is 0 Å². The molecule has 2 fully saturated rings. The van der Waals surface area contributed by atoms with Crippen molar-refractivity contribution in [1.29, 1.82) is 0 Å². The number of benzene rings is 1. The summed E-state index contributed by atoms with van der Waals surface area (Å²) >= 11 is 0. The molecule has 2 aliphatic rings. The number of ether oxygens (including phenoxy) is 2. The third-order valence-electron chi connectivity index (χ3n) is 4.50. The second-order valence-corrected chi connectivity index (χ2v) is 5.74. The highest BCUT2D eigenvalue weighted by molar-refractivity contribution is 5.44. The summed E-state index contributed by atoms with van der Waals surface area (Å²) in [5, 5.41) is 3.65. The Hall–Kier alpha value is -1.22. The normalized spacial score (nSPS) is 25.8. The zero-order valence-corrected chi connectivity index (χ0v) is 11.8. The van der Waals surface area contributed by atoms with Crippen LogP contribution in [0.15, 0.2) is 18.2 Å². The monoisotopic (exact) mass is 261 g/mol. The second-order valence-electron chi connectivity index (χ2n) is 5.74. The van der Waals surface area contributed by atoms with Gasteiger partial charge in [0.15, 0.2) is 11.5 Å². The fraction of sp³-hybridized carbons (Fsp3) is 0.625. The zero-order chi connectivity index (χ0) is 13.2. The number of nitrogens with one attached hydrogen (secondary N) is 1. The Bertz CT molecular complexity index is 442. The first-order valence-electron chi connectivity index (χ1n) is 7.27. The van der Waals surface area contributed by atoms with Crippen LogP contribution in [0.25, 0.3) is 0 Å². The van der Waals surface area contributed by atoms with E-state index in [0.717, 1.165) is 23.5 Å². The van der Waals surface area contributed by atoms with Gasteiger partial charge < -0.3 is 14.8 Å². The van der Waals surface area contributed by atoms with Crippen molar-refractivity contribution in [3.8, 4) is 11.5 Å². The summed E-state index contributed by atoms with van der Waals surface area (Å²) in [4.78, 5) is 0. The molecule has 0 spiro atoms. The van der Waals surface area contributed by atoms with Gasteiger partial charge in [0, 0.05) is 6.04 Å². The van der Waals surface area contributed by atoms with E-state index in [1.165, 1.54) is 37.8 Å². The Morgan fingerprint density at radius 2 is 1.84 bits per heavy atom. The maximum absolute atomic E-state index is 5.40. The van der Waals surface area contributed by atoms with E-state index in [-0.39, 0.29) is 0 Å². The Morgan fingerprint density at radius 3 is 2.42 bits per heavy atom. The van der Waals surface area contributed by atoms with E-state index in [0.29, 0.717) is 5.92 Å². The molecule has 2 unspecified atom stereocenters. The minimum Gasteiger partial charge on any atom is -0.493 e. The van der Waals surface area contributed by atoms with Crippen molar-refractivity contribution in [2.75, 3.05) is 20.8 Å². The summed E-state index contributed by atoms with van der Waals surface area (Å²) in [7, 11) is 3.39. The zero-order valence-electron chi connectivity index (χ0n) is 11.8. The predicted molar refractivity (Wildman–Crippen MR) is 76.0 cm³/mol. The Morgan fingerprint density at radius 1 is 1.05 bits per heavy atom. The fourth-order valence-electron chi connectivity index (χ4n) is 2.94. The van der Waals surface area contributed by atoms with Crippen molar-refractivity contribution < 1.29 is 9.47 Å². The minimum absolute atomic E-state index is 0.686. The van der Waals surface area contributed by atoms with Crippen molar-refractivity contribution in [1.82, 2.24) is 5.32 Å². The quantitative estimate of drug-likeness (QED) is 0.854. The molecule has 0 heterocycles. The van der Waals surface area contributed by atoms with Gasteiger partial charge in [-0.1, -0.05) is 6.07 Å². The summed E-state index contributed by atoms with van der Waals surface area (Å²) in [5.74, 6) is 3.14. The lowest BCUT2D eigenvalue weighted by Gasteiger charge is -2.37. The van der Waals surface area contributed by atoms with E-state index in [1.807, 2.05) is 6.07 Å². The van der Waals surface area contributed by atoms with Crippen molar-refractivity contribution in [2.24, 2.45) is 5.92 Å². The molecule has 2 saturated carbocycles. The molecular formula is C16H23NO2. The lowest BCUT2D eigenvalue weighted by molar-refractivity contribution is 0.244. The van der Waals surface area contributed by atoms with Crippen LogP contribution in [0.3, 0.4) is 0 Å². The molecule has 0 saturated heterocycles. The van der Waals surface area contributed by atoms with E-state index < -0.39 is 0 Å². The number of rotatable bonds is 6. The van der Waals surface area contributed by atoms with Crippen molar-refractivity contribution in [2.45, 2.75) is 37.6 Å². The molecule has 1 aromatic carbocycles. The van der Waals surface area contributed by atoms with Gasteiger partial charge in [-0.15, -0.1) is 0 Å². The molecule has 2 atom stereocenters. The Labute approximate surface area is 115 Å². The smallest absolute Gasteiger partial charge is 0.160 e. The van der Waals surface area contributed by atoms with Gasteiger partial charge in [-0.05, 0) is 61.8 Å². The third kappa shape index (κ3) is 2.71. The Kier molecular flexibility index (Phi) is 3.65. The van der Waals surface area contributed by atoms with Gasteiger partial charge in [0.1, 0.15) is 0 Å². The summed E-state index contributed by atoms with van der Waals surface area (Å²) in [5.41, 5.74) is 1.39. The molecule has 0 aliphatic heterocycles. The van der Waals surface area contributed by atoms with Crippen LogP contribution in [0, 0.1) is 5.92 Å². The topological polar surface area (TPSA) is 30.5 Å². The largest absolute Gasteiger partial charge is 0.493 e. The standard InChI is InChI=1S/C16H23NO2/c1-18-15-8-4-11(9-16(15)19-2)14-7-3-12(14)10-17-13-5-6-13/h4,8-9,12-14,17H,3,5-7,10H2,1-2H3. The molecule has 3 rings (SSSR count). The summed E-state index contributed by atoms with van der Waals surface area (Å²) in [6, 6.07) is 7.17. The molecule has 0 radical (unpaired) electrons. The lowest BCUT2D eigenvalue weighted by atomic mass is 9.70. The fourth-order valence-corrected chi connectivity index (χ4v) is 2.94. The average Bonchev–Trinajstić information content (AvgIpc) is 3.21. The van der Waals surface area contributed by atoms with Crippen molar-refractivity contribution in [3.05, 3.63) is 23.8 Å². The maximum atomic E-state index is 5.40. The molecular weight excluding hydrogens is 238 g/mol. The molecule has 3 heteroatoms. The number of hydrogen-bond donors (Lipinski definition) is 1. The van der Waals surface area contributed by atoms with E-state index in [2.05, 4.69) is 17.4 Å². The molecule has 1 N–H and O–H groups in total. The van der Waals surface area contributed by atoms with Crippen LogP contribution in [0.2, 0.25) is 0 Å². The summed E-state index contributed by atoms with van der Waals surface area (Å²) < 4.78 is 10.7. The summed E-state index contributed by atoms with van der Waals surface area (Å²) in [6.07, 6.45) is 5.38.